The third-order valence-electron chi connectivity index (χ3n) is 2.31. The minimum atomic E-state index is -0.607. The van der Waals surface area contributed by atoms with Crippen molar-refractivity contribution < 1.29 is 19.1 Å². The molecule has 0 fully saturated rings. The largest absolute Gasteiger partial charge is 0.488 e. The summed E-state index contributed by atoms with van der Waals surface area (Å²) in [6.07, 6.45) is 0. The summed E-state index contributed by atoms with van der Waals surface area (Å²) in [6, 6.07) is 2.92. The molecule has 112 valence electrons. The standard InChI is InChI=1S/C13H18BrFN2O3/c1-13(2,3)20-7-6-19-9-5-4-8(12(16)17-18)10(14)11(9)15/h4-5,18H,6-7H2,1-3H3,(H2,16,17). The summed E-state index contributed by atoms with van der Waals surface area (Å²) in [4.78, 5) is 0. The molecular weight excluding hydrogens is 331 g/mol. The molecule has 1 aromatic carbocycles. The summed E-state index contributed by atoms with van der Waals surface area (Å²) in [5, 5.41) is 11.4. The van der Waals surface area contributed by atoms with Crippen molar-refractivity contribution in [3.05, 3.63) is 28.0 Å². The van der Waals surface area contributed by atoms with Gasteiger partial charge in [-0.25, -0.2) is 4.39 Å². The Morgan fingerprint density at radius 3 is 2.60 bits per heavy atom. The average Bonchev–Trinajstić information content (AvgIpc) is 2.37. The molecule has 3 N–H and O–H groups in total. The molecule has 1 rings (SSSR count). The van der Waals surface area contributed by atoms with E-state index < -0.39 is 5.82 Å². The van der Waals surface area contributed by atoms with Gasteiger partial charge in [0, 0.05) is 5.56 Å². The molecule has 0 atom stereocenters. The van der Waals surface area contributed by atoms with Gasteiger partial charge in [0.1, 0.15) is 6.61 Å². The van der Waals surface area contributed by atoms with Crippen molar-refractivity contribution in [1.29, 1.82) is 0 Å². The van der Waals surface area contributed by atoms with Crippen molar-refractivity contribution in [2.24, 2.45) is 10.9 Å². The number of halogens is 2. The quantitative estimate of drug-likeness (QED) is 0.282. The molecule has 0 saturated carbocycles. The Morgan fingerprint density at radius 1 is 1.40 bits per heavy atom. The summed E-state index contributed by atoms with van der Waals surface area (Å²) in [7, 11) is 0. The highest BCUT2D eigenvalue weighted by Gasteiger charge is 2.15. The molecule has 0 radical (unpaired) electrons. The first-order valence-electron chi connectivity index (χ1n) is 5.99. The lowest BCUT2D eigenvalue weighted by atomic mass is 10.2. The van der Waals surface area contributed by atoms with Gasteiger partial charge in [0.25, 0.3) is 0 Å². The van der Waals surface area contributed by atoms with Gasteiger partial charge in [-0.2, -0.15) is 0 Å². The van der Waals surface area contributed by atoms with Crippen molar-refractivity contribution in [3.63, 3.8) is 0 Å². The van der Waals surface area contributed by atoms with Crippen LogP contribution in [0.1, 0.15) is 26.3 Å². The van der Waals surface area contributed by atoms with Gasteiger partial charge in [-0.1, -0.05) is 5.16 Å². The Kier molecular flexibility index (Phi) is 5.76. The molecular formula is C13H18BrFN2O3. The van der Waals surface area contributed by atoms with Gasteiger partial charge in [0.15, 0.2) is 17.4 Å². The van der Waals surface area contributed by atoms with E-state index in [-0.39, 0.29) is 33.8 Å². The van der Waals surface area contributed by atoms with Crippen molar-refractivity contribution in [2.45, 2.75) is 26.4 Å². The fourth-order valence-corrected chi connectivity index (χ4v) is 1.93. The van der Waals surface area contributed by atoms with Crippen LogP contribution >= 0.6 is 15.9 Å². The second-order valence-electron chi connectivity index (χ2n) is 5.03. The third-order valence-corrected chi connectivity index (χ3v) is 3.08. The van der Waals surface area contributed by atoms with Gasteiger partial charge in [-0.15, -0.1) is 0 Å². The zero-order valence-electron chi connectivity index (χ0n) is 11.6. The van der Waals surface area contributed by atoms with E-state index in [2.05, 4.69) is 21.1 Å². The maximum Gasteiger partial charge on any atom is 0.179 e. The Hall–Kier alpha value is -1.34. The van der Waals surface area contributed by atoms with Crippen LogP contribution in [0.3, 0.4) is 0 Å². The van der Waals surface area contributed by atoms with Crippen LogP contribution in [0.25, 0.3) is 0 Å². The molecule has 0 bridgehead atoms. The first-order chi connectivity index (χ1) is 9.26. The molecule has 0 unspecified atom stereocenters. The van der Waals surface area contributed by atoms with E-state index >= 15 is 0 Å². The van der Waals surface area contributed by atoms with Crippen molar-refractivity contribution in [1.82, 2.24) is 0 Å². The molecule has 0 spiro atoms. The Balaban J connectivity index is 2.72. The Labute approximate surface area is 125 Å². The van der Waals surface area contributed by atoms with E-state index in [0.717, 1.165) is 0 Å². The van der Waals surface area contributed by atoms with Crippen LogP contribution in [0, 0.1) is 5.82 Å². The van der Waals surface area contributed by atoms with E-state index in [9.17, 15) is 4.39 Å². The fraction of sp³-hybridized carbons (Fsp3) is 0.462. The number of oxime groups is 1. The summed E-state index contributed by atoms with van der Waals surface area (Å²) in [5.41, 5.74) is 5.41. The molecule has 0 amide bonds. The van der Waals surface area contributed by atoms with Gasteiger partial charge >= 0.3 is 0 Å². The fourth-order valence-electron chi connectivity index (χ4n) is 1.39. The highest BCUT2D eigenvalue weighted by atomic mass is 79.9. The van der Waals surface area contributed by atoms with Gasteiger partial charge in [0.2, 0.25) is 0 Å². The van der Waals surface area contributed by atoms with E-state index in [1.54, 1.807) is 0 Å². The highest BCUT2D eigenvalue weighted by molar-refractivity contribution is 9.10. The van der Waals surface area contributed by atoms with Crippen LogP contribution in [0.5, 0.6) is 5.75 Å². The number of rotatable bonds is 5. The lowest BCUT2D eigenvalue weighted by Gasteiger charge is -2.19. The lowest BCUT2D eigenvalue weighted by Crippen LogP contribution is -2.22. The molecule has 0 heterocycles. The lowest BCUT2D eigenvalue weighted by molar-refractivity contribution is -0.0166. The van der Waals surface area contributed by atoms with Crippen molar-refractivity contribution in [2.75, 3.05) is 13.2 Å². The molecule has 0 aliphatic rings. The monoisotopic (exact) mass is 348 g/mol. The summed E-state index contributed by atoms with van der Waals surface area (Å²) >= 11 is 3.05. The normalized spacial score (nSPS) is 12.6. The van der Waals surface area contributed by atoms with Gasteiger partial charge in [-0.3, -0.25) is 0 Å². The van der Waals surface area contributed by atoms with Crippen LogP contribution < -0.4 is 10.5 Å². The predicted octanol–water partition coefficient (Wildman–Crippen LogP) is 2.88. The van der Waals surface area contributed by atoms with Crippen LogP contribution in [0.4, 0.5) is 4.39 Å². The number of nitrogens with zero attached hydrogens (tertiary/aromatic N) is 1. The minimum absolute atomic E-state index is 0.0730. The van der Waals surface area contributed by atoms with Crippen molar-refractivity contribution in [3.8, 4) is 5.75 Å². The first-order valence-corrected chi connectivity index (χ1v) is 6.78. The SMILES string of the molecule is CC(C)(C)OCCOc1ccc(/C(N)=N/O)c(Br)c1F. The topological polar surface area (TPSA) is 77.1 Å². The van der Waals surface area contributed by atoms with E-state index in [1.165, 1.54) is 12.1 Å². The number of amidine groups is 1. The maximum atomic E-state index is 14.0. The first kappa shape index (κ1) is 16.7. The zero-order valence-corrected chi connectivity index (χ0v) is 13.2. The van der Waals surface area contributed by atoms with Crippen LogP contribution in [-0.2, 0) is 4.74 Å². The van der Waals surface area contributed by atoms with Crippen LogP contribution in [0.15, 0.2) is 21.8 Å². The molecule has 0 aliphatic carbocycles. The smallest absolute Gasteiger partial charge is 0.179 e. The second kappa shape index (κ2) is 6.90. The zero-order chi connectivity index (χ0) is 15.3. The molecule has 0 saturated heterocycles. The summed E-state index contributed by atoms with van der Waals surface area (Å²) in [5.74, 6) is -0.716. The van der Waals surface area contributed by atoms with E-state index in [1.807, 2.05) is 20.8 Å². The number of ether oxygens (including phenoxy) is 2. The molecule has 0 aliphatic heterocycles. The Morgan fingerprint density at radius 2 is 2.05 bits per heavy atom. The minimum Gasteiger partial charge on any atom is -0.488 e. The summed E-state index contributed by atoms with van der Waals surface area (Å²) in [6.45, 7) is 6.36. The molecule has 7 heteroatoms. The molecule has 5 nitrogen and oxygen atoms in total. The predicted molar refractivity (Wildman–Crippen MR) is 77.8 cm³/mol. The average molecular weight is 349 g/mol. The number of hydrogen-bond acceptors (Lipinski definition) is 4. The Bertz CT molecular complexity index is 501. The van der Waals surface area contributed by atoms with E-state index in [0.29, 0.717) is 6.61 Å². The number of nitrogens with two attached hydrogens (primary N) is 1. The van der Waals surface area contributed by atoms with Gasteiger partial charge in [-0.05, 0) is 48.8 Å². The summed E-state index contributed by atoms with van der Waals surface area (Å²) < 4.78 is 24.9. The molecule has 1 aromatic rings. The number of hydrogen-bond donors (Lipinski definition) is 2. The van der Waals surface area contributed by atoms with Crippen LogP contribution in [0.2, 0.25) is 0 Å². The molecule has 20 heavy (non-hydrogen) atoms. The van der Waals surface area contributed by atoms with Crippen LogP contribution in [-0.4, -0.2) is 29.9 Å². The maximum absolute atomic E-state index is 14.0. The molecule has 0 aromatic heterocycles. The number of benzene rings is 1. The second-order valence-corrected chi connectivity index (χ2v) is 5.83. The van der Waals surface area contributed by atoms with Crippen molar-refractivity contribution >= 4 is 21.8 Å². The highest BCUT2D eigenvalue weighted by Crippen LogP contribution is 2.28. The van der Waals surface area contributed by atoms with Gasteiger partial charge < -0.3 is 20.4 Å². The third kappa shape index (κ3) is 4.64. The van der Waals surface area contributed by atoms with Gasteiger partial charge in [0.05, 0.1) is 16.7 Å². The van der Waals surface area contributed by atoms with E-state index in [4.69, 9.17) is 20.4 Å².